The van der Waals surface area contributed by atoms with Gasteiger partial charge >= 0.3 is 0 Å². The molecule has 0 spiro atoms. The molecular formula is C29H33FN4O4S. The van der Waals surface area contributed by atoms with Crippen LogP contribution in [0.1, 0.15) is 42.6 Å². The van der Waals surface area contributed by atoms with Crippen LogP contribution < -0.4 is 16.2 Å². The summed E-state index contributed by atoms with van der Waals surface area (Å²) in [6, 6.07) is 12.7. The van der Waals surface area contributed by atoms with Gasteiger partial charge in [0.05, 0.1) is 23.2 Å². The Kier molecular flexibility index (Phi) is 7.37. The molecule has 0 aromatic heterocycles. The standard InChI is InChI=1S/C29H33FN4O4S/c1-18(35)15-33(39(37,38)17-22-5-3-4-6-25(22)29(31)36)16-21-8-7-20-13-27-26(19(2)28(20)21)14-32-34(27)24-11-9-23(30)10-12-24/h3-6,9-14,18-19,21,32,35H,7-8,15-17H2,1-2H3,(H2,31,36)/t18-,19-,21+/m0/s1. The lowest BCUT2D eigenvalue weighted by atomic mass is 9.80. The summed E-state index contributed by atoms with van der Waals surface area (Å²) in [5.74, 6) is -1.32. The SMILES string of the molecule is C[C@H]1C2=CNN(c3ccc(F)cc3)C2=CC2=C1[C@@H](CN(C[C@H](C)O)S(=O)(=O)Cc1ccccc1C(N)=O)CC2. The first-order valence-corrected chi connectivity index (χ1v) is 14.7. The van der Waals surface area contributed by atoms with Gasteiger partial charge in [-0.2, -0.15) is 4.31 Å². The number of allylic oxidation sites excluding steroid dienone is 3. The van der Waals surface area contributed by atoms with Gasteiger partial charge in [0.1, 0.15) is 5.82 Å². The molecule has 0 unspecified atom stereocenters. The summed E-state index contributed by atoms with van der Waals surface area (Å²) < 4.78 is 42.1. The molecule has 0 saturated heterocycles. The van der Waals surface area contributed by atoms with Crippen molar-refractivity contribution in [1.29, 1.82) is 0 Å². The average Bonchev–Trinajstić information content (AvgIpc) is 3.49. The topological polar surface area (TPSA) is 116 Å². The molecule has 0 bridgehead atoms. The summed E-state index contributed by atoms with van der Waals surface area (Å²) in [6.07, 6.45) is 4.83. The average molecular weight is 553 g/mol. The zero-order chi connectivity index (χ0) is 27.9. The monoisotopic (exact) mass is 552 g/mol. The lowest BCUT2D eigenvalue weighted by molar-refractivity contribution is 0.0999. The fourth-order valence-electron chi connectivity index (χ4n) is 5.92. The number of nitrogens with one attached hydrogen (secondary N) is 1. The number of rotatable bonds is 9. The van der Waals surface area contributed by atoms with E-state index in [9.17, 15) is 22.7 Å². The van der Waals surface area contributed by atoms with Crippen molar-refractivity contribution in [2.45, 2.75) is 38.5 Å². The van der Waals surface area contributed by atoms with E-state index in [1.807, 2.05) is 11.2 Å². The third kappa shape index (κ3) is 5.36. The molecule has 8 nitrogen and oxygen atoms in total. The van der Waals surface area contributed by atoms with Gasteiger partial charge in [0.15, 0.2) is 0 Å². The highest BCUT2D eigenvalue weighted by molar-refractivity contribution is 7.88. The number of aliphatic hydroxyl groups is 1. The van der Waals surface area contributed by atoms with E-state index in [0.29, 0.717) is 5.56 Å². The fourth-order valence-corrected chi connectivity index (χ4v) is 7.60. The second-order valence-corrected chi connectivity index (χ2v) is 12.4. The number of fused-ring (bicyclic) bond motifs is 1. The third-order valence-corrected chi connectivity index (χ3v) is 9.45. The molecule has 4 N–H and O–H groups in total. The maximum Gasteiger partial charge on any atom is 0.249 e. The number of nitrogens with zero attached hydrogens (tertiary/aromatic N) is 2. The number of carbonyl (C=O) groups excluding carboxylic acids is 1. The Bertz CT molecular complexity index is 1480. The van der Waals surface area contributed by atoms with Crippen LogP contribution in [0.15, 0.2) is 83.2 Å². The van der Waals surface area contributed by atoms with Gasteiger partial charge in [-0.1, -0.05) is 30.7 Å². The van der Waals surface area contributed by atoms with Gasteiger partial charge in [-0.25, -0.2) is 12.8 Å². The Hall–Kier alpha value is -3.47. The third-order valence-electron chi connectivity index (χ3n) is 7.69. The molecule has 39 heavy (non-hydrogen) atoms. The van der Waals surface area contributed by atoms with E-state index < -0.39 is 22.0 Å². The maximum absolute atomic E-state index is 13.6. The molecule has 1 amide bonds. The number of hydrogen-bond acceptors (Lipinski definition) is 6. The predicted octanol–water partition coefficient (Wildman–Crippen LogP) is 3.59. The van der Waals surface area contributed by atoms with Crippen LogP contribution in [0.2, 0.25) is 0 Å². The smallest absolute Gasteiger partial charge is 0.249 e. The minimum atomic E-state index is -3.87. The molecule has 3 atom stereocenters. The Labute approximate surface area is 228 Å². The molecule has 206 valence electrons. The van der Waals surface area contributed by atoms with Gasteiger partial charge < -0.3 is 16.3 Å². The fraction of sp³-hybridized carbons (Fsp3) is 0.345. The van der Waals surface area contributed by atoms with Gasteiger partial charge in [-0.05, 0) is 73.2 Å². The number of halogens is 1. The van der Waals surface area contributed by atoms with Crippen LogP contribution in [-0.4, -0.2) is 42.9 Å². The first-order valence-electron chi connectivity index (χ1n) is 13.1. The zero-order valence-electron chi connectivity index (χ0n) is 22.0. The summed E-state index contributed by atoms with van der Waals surface area (Å²) >= 11 is 0. The van der Waals surface area contributed by atoms with Crippen molar-refractivity contribution in [3.8, 4) is 0 Å². The number of aliphatic hydroxyl groups excluding tert-OH is 1. The van der Waals surface area contributed by atoms with Crippen molar-refractivity contribution in [2.75, 3.05) is 18.1 Å². The summed E-state index contributed by atoms with van der Waals surface area (Å²) in [7, 11) is -3.87. The van der Waals surface area contributed by atoms with Crippen molar-refractivity contribution < 1.29 is 22.7 Å². The molecule has 1 heterocycles. The number of sulfonamides is 1. The number of amides is 1. The van der Waals surface area contributed by atoms with Crippen LogP contribution in [0.5, 0.6) is 0 Å². The Balaban J connectivity index is 1.41. The minimum Gasteiger partial charge on any atom is -0.392 e. The molecule has 10 heteroatoms. The van der Waals surface area contributed by atoms with E-state index in [4.69, 9.17) is 5.73 Å². The van der Waals surface area contributed by atoms with Gasteiger partial charge in [0.2, 0.25) is 15.9 Å². The second-order valence-electron chi connectivity index (χ2n) is 10.5. The molecule has 1 aliphatic heterocycles. The predicted molar refractivity (Wildman–Crippen MR) is 148 cm³/mol. The van der Waals surface area contributed by atoms with Gasteiger partial charge in [-0.3, -0.25) is 9.80 Å². The number of anilines is 1. The van der Waals surface area contributed by atoms with Crippen LogP contribution in [0.25, 0.3) is 0 Å². The molecule has 0 saturated carbocycles. The molecule has 5 rings (SSSR count). The van der Waals surface area contributed by atoms with E-state index >= 15 is 0 Å². The maximum atomic E-state index is 13.6. The molecule has 0 fully saturated rings. The van der Waals surface area contributed by atoms with Crippen molar-refractivity contribution in [2.24, 2.45) is 17.6 Å². The number of benzene rings is 2. The lowest BCUT2D eigenvalue weighted by Crippen LogP contribution is -2.41. The normalized spacial score (nSPS) is 21.3. The number of carbonyl (C=O) groups is 1. The van der Waals surface area contributed by atoms with Crippen LogP contribution in [-0.2, 0) is 15.8 Å². The van der Waals surface area contributed by atoms with Crippen LogP contribution in [0, 0.1) is 17.7 Å². The molecule has 3 aliphatic rings. The van der Waals surface area contributed by atoms with Crippen molar-refractivity contribution in [3.63, 3.8) is 0 Å². The van der Waals surface area contributed by atoms with Crippen LogP contribution in [0.4, 0.5) is 10.1 Å². The molecule has 0 radical (unpaired) electrons. The number of nitrogens with two attached hydrogens (primary N) is 1. The quantitative estimate of drug-likeness (QED) is 0.438. The molecule has 2 aliphatic carbocycles. The van der Waals surface area contributed by atoms with E-state index in [1.165, 1.54) is 33.7 Å². The number of hydrazine groups is 1. The van der Waals surface area contributed by atoms with Crippen LogP contribution in [0.3, 0.4) is 0 Å². The number of hydrogen-bond donors (Lipinski definition) is 3. The van der Waals surface area contributed by atoms with E-state index in [1.54, 1.807) is 37.3 Å². The highest BCUT2D eigenvalue weighted by Crippen LogP contribution is 2.48. The second kappa shape index (κ2) is 10.6. The Morgan fingerprint density at radius 1 is 1.23 bits per heavy atom. The number of primary amides is 1. The highest BCUT2D eigenvalue weighted by atomic mass is 32.2. The first-order chi connectivity index (χ1) is 18.5. The zero-order valence-corrected chi connectivity index (χ0v) is 22.8. The van der Waals surface area contributed by atoms with E-state index in [-0.39, 0.29) is 42.1 Å². The van der Waals surface area contributed by atoms with E-state index in [2.05, 4.69) is 18.4 Å². The summed E-state index contributed by atoms with van der Waals surface area (Å²) in [5, 5.41) is 12.1. The van der Waals surface area contributed by atoms with Gasteiger partial charge in [0.25, 0.3) is 0 Å². The molecule has 2 aromatic rings. The Morgan fingerprint density at radius 3 is 2.64 bits per heavy atom. The van der Waals surface area contributed by atoms with Crippen LogP contribution >= 0.6 is 0 Å². The lowest BCUT2D eigenvalue weighted by Gasteiger charge is -2.32. The summed E-state index contributed by atoms with van der Waals surface area (Å²) in [6.45, 7) is 3.88. The Morgan fingerprint density at radius 2 is 1.95 bits per heavy atom. The highest BCUT2D eigenvalue weighted by Gasteiger charge is 2.40. The van der Waals surface area contributed by atoms with Gasteiger partial charge in [0, 0.05) is 36.3 Å². The first kappa shape index (κ1) is 27.1. The molecule has 2 aromatic carbocycles. The largest absolute Gasteiger partial charge is 0.392 e. The summed E-state index contributed by atoms with van der Waals surface area (Å²) in [5.41, 5.74) is 14.6. The van der Waals surface area contributed by atoms with Gasteiger partial charge in [-0.15, -0.1) is 0 Å². The van der Waals surface area contributed by atoms with Crippen molar-refractivity contribution in [3.05, 3.63) is 100 Å². The molecular weight excluding hydrogens is 519 g/mol. The van der Waals surface area contributed by atoms with Crippen molar-refractivity contribution >= 4 is 21.6 Å². The summed E-state index contributed by atoms with van der Waals surface area (Å²) in [4.78, 5) is 11.9. The van der Waals surface area contributed by atoms with E-state index in [0.717, 1.165) is 29.8 Å². The minimum absolute atomic E-state index is 0.0199. The van der Waals surface area contributed by atoms with Crippen molar-refractivity contribution in [1.82, 2.24) is 9.73 Å².